The Bertz CT molecular complexity index is 417. The number of hydrogen-bond donors (Lipinski definition) is 2. The Hall–Kier alpha value is -0.930. The van der Waals surface area contributed by atoms with Crippen molar-refractivity contribution in [2.45, 2.75) is 51.1 Å². The minimum absolute atomic E-state index is 0.427. The summed E-state index contributed by atoms with van der Waals surface area (Å²) in [6.07, 6.45) is 6.45. The van der Waals surface area contributed by atoms with Crippen LogP contribution in [0.5, 0.6) is 5.75 Å². The summed E-state index contributed by atoms with van der Waals surface area (Å²) in [5.74, 6) is 0.719. The van der Waals surface area contributed by atoms with Crippen LogP contribution in [0, 0.1) is 0 Å². The second kappa shape index (κ2) is 7.75. The van der Waals surface area contributed by atoms with Gasteiger partial charge in [0.15, 0.2) is 0 Å². The van der Waals surface area contributed by atoms with Gasteiger partial charge in [-0.1, -0.05) is 24.4 Å². The number of hydrogen-bond acceptors (Lipinski definition) is 3. The minimum atomic E-state index is 0.427. The van der Waals surface area contributed by atoms with Crippen LogP contribution in [0.1, 0.15) is 39.0 Å². The van der Waals surface area contributed by atoms with Crippen LogP contribution >= 0.6 is 11.6 Å². The van der Waals surface area contributed by atoms with Gasteiger partial charge < -0.3 is 15.4 Å². The predicted molar refractivity (Wildman–Crippen MR) is 86.0 cm³/mol. The van der Waals surface area contributed by atoms with Gasteiger partial charge >= 0.3 is 0 Å². The lowest BCUT2D eigenvalue weighted by molar-refractivity contribution is 0.415. The summed E-state index contributed by atoms with van der Waals surface area (Å²) in [5.41, 5.74) is 1.06. The van der Waals surface area contributed by atoms with E-state index in [4.69, 9.17) is 16.3 Å². The SMILES string of the molecule is COc1cc(NC(C)CC2CCCCCN2)ccc1Cl. The predicted octanol–water partition coefficient (Wildman–Crippen LogP) is 4.07. The first kappa shape index (κ1) is 15.5. The molecule has 4 heteroatoms. The summed E-state index contributed by atoms with van der Waals surface area (Å²) >= 11 is 6.04. The third kappa shape index (κ3) is 4.57. The molecular weight excluding hydrogens is 272 g/mol. The second-order valence-corrected chi connectivity index (χ2v) is 6.04. The molecule has 1 aliphatic heterocycles. The van der Waals surface area contributed by atoms with Gasteiger partial charge in [-0.15, -0.1) is 0 Å². The second-order valence-electron chi connectivity index (χ2n) is 5.63. The Kier molecular flexibility index (Phi) is 5.99. The third-order valence-corrected chi connectivity index (χ3v) is 4.18. The Morgan fingerprint density at radius 3 is 3.05 bits per heavy atom. The molecule has 1 aromatic rings. The molecule has 2 N–H and O–H groups in total. The molecule has 2 atom stereocenters. The fourth-order valence-electron chi connectivity index (χ4n) is 2.82. The van der Waals surface area contributed by atoms with Gasteiger partial charge in [-0.2, -0.15) is 0 Å². The number of rotatable bonds is 5. The Labute approximate surface area is 127 Å². The lowest BCUT2D eigenvalue weighted by Crippen LogP contribution is -2.33. The molecule has 1 aliphatic rings. The summed E-state index contributed by atoms with van der Waals surface area (Å²) in [6, 6.07) is 6.89. The molecule has 3 nitrogen and oxygen atoms in total. The van der Waals surface area contributed by atoms with Crippen LogP contribution in [0.15, 0.2) is 18.2 Å². The highest BCUT2D eigenvalue weighted by atomic mass is 35.5. The molecule has 2 rings (SSSR count). The van der Waals surface area contributed by atoms with Crippen molar-refractivity contribution in [1.29, 1.82) is 0 Å². The summed E-state index contributed by atoms with van der Waals surface area (Å²) in [5, 5.41) is 7.83. The minimum Gasteiger partial charge on any atom is -0.495 e. The maximum Gasteiger partial charge on any atom is 0.139 e. The highest BCUT2D eigenvalue weighted by Gasteiger charge is 2.15. The van der Waals surface area contributed by atoms with Crippen LogP contribution in [0.25, 0.3) is 0 Å². The van der Waals surface area contributed by atoms with Gasteiger partial charge in [-0.25, -0.2) is 0 Å². The van der Waals surface area contributed by atoms with Crippen molar-refractivity contribution >= 4 is 17.3 Å². The van der Waals surface area contributed by atoms with E-state index < -0.39 is 0 Å². The van der Waals surface area contributed by atoms with E-state index in [2.05, 4.69) is 17.6 Å². The zero-order valence-corrected chi connectivity index (χ0v) is 13.2. The van der Waals surface area contributed by atoms with E-state index in [1.807, 2.05) is 18.2 Å². The normalized spacial score (nSPS) is 21.1. The van der Waals surface area contributed by atoms with Crippen molar-refractivity contribution < 1.29 is 4.74 Å². The topological polar surface area (TPSA) is 33.3 Å². The average molecular weight is 297 g/mol. The van der Waals surface area contributed by atoms with Crippen LogP contribution in [-0.2, 0) is 0 Å². The summed E-state index contributed by atoms with van der Waals surface area (Å²) in [7, 11) is 1.64. The first-order valence-electron chi connectivity index (χ1n) is 7.52. The molecule has 0 spiro atoms. The molecule has 0 radical (unpaired) electrons. The van der Waals surface area contributed by atoms with E-state index in [1.165, 1.54) is 25.7 Å². The number of nitrogens with one attached hydrogen (secondary N) is 2. The quantitative estimate of drug-likeness (QED) is 0.859. The van der Waals surface area contributed by atoms with E-state index in [1.54, 1.807) is 7.11 Å². The van der Waals surface area contributed by atoms with Crippen LogP contribution in [0.3, 0.4) is 0 Å². The molecule has 0 aromatic heterocycles. The number of ether oxygens (including phenoxy) is 1. The number of anilines is 1. The molecular formula is C16H25ClN2O. The Morgan fingerprint density at radius 2 is 2.25 bits per heavy atom. The van der Waals surface area contributed by atoms with Gasteiger partial charge in [0.1, 0.15) is 5.75 Å². The molecule has 20 heavy (non-hydrogen) atoms. The van der Waals surface area contributed by atoms with E-state index >= 15 is 0 Å². The van der Waals surface area contributed by atoms with Crippen LogP contribution in [-0.4, -0.2) is 25.7 Å². The summed E-state index contributed by atoms with van der Waals surface area (Å²) in [6.45, 7) is 3.39. The van der Waals surface area contributed by atoms with Gasteiger partial charge in [0, 0.05) is 23.8 Å². The van der Waals surface area contributed by atoms with Crippen LogP contribution < -0.4 is 15.4 Å². The van der Waals surface area contributed by atoms with Crippen LogP contribution in [0.4, 0.5) is 5.69 Å². The lowest BCUT2D eigenvalue weighted by Gasteiger charge is -2.22. The first-order valence-corrected chi connectivity index (χ1v) is 7.90. The van der Waals surface area contributed by atoms with Crippen molar-refractivity contribution in [2.75, 3.05) is 19.0 Å². The molecule has 112 valence electrons. The largest absolute Gasteiger partial charge is 0.495 e. The van der Waals surface area contributed by atoms with E-state index in [0.29, 0.717) is 17.1 Å². The Balaban J connectivity index is 1.88. The smallest absolute Gasteiger partial charge is 0.139 e. The monoisotopic (exact) mass is 296 g/mol. The lowest BCUT2D eigenvalue weighted by atomic mass is 10.0. The zero-order valence-electron chi connectivity index (χ0n) is 12.4. The van der Waals surface area contributed by atoms with Crippen molar-refractivity contribution in [3.63, 3.8) is 0 Å². The van der Waals surface area contributed by atoms with Crippen molar-refractivity contribution in [1.82, 2.24) is 5.32 Å². The molecule has 1 saturated heterocycles. The molecule has 2 unspecified atom stereocenters. The van der Waals surface area contributed by atoms with Gasteiger partial charge in [-0.05, 0) is 44.9 Å². The molecule has 0 aliphatic carbocycles. The number of halogens is 1. The third-order valence-electron chi connectivity index (χ3n) is 3.86. The van der Waals surface area contributed by atoms with Gasteiger partial charge in [0.05, 0.1) is 12.1 Å². The van der Waals surface area contributed by atoms with Gasteiger partial charge in [0.25, 0.3) is 0 Å². The fourth-order valence-corrected chi connectivity index (χ4v) is 3.02. The maximum atomic E-state index is 6.04. The number of benzene rings is 1. The number of methoxy groups -OCH3 is 1. The molecule has 0 bridgehead atoms. The van der Waals surface area contributed by atoms with E-state index in [-0.39, 0.29) is 0 Å². The molecule has 0 amide bonds. The first-order chi connectivity index (χ1) is 9.69. The highest BCUT2D eigenvalue weighted by Crippen LogP contribution is 2.28. The average Bonchev–Trinajstić information content (AvgIpc) is 2.69. The summed E-state index contributed by atoms with van der Waals surface area (Å²) in [4.78, 5) is 0. The maximum absolute atomic E-state index is 6.04. The molecule has 1 heterocycles. The molecule has 1 fully saturated rings. The molecule has 0 saturated carbocycles. The van der Waals surface area contributed by atoms with Gasteiger partial charge in [-0.3, -0.25) is 0 Å². The van der Waals surface area contributed by atoms with Crippen molar-refractivity contribution in [2.24, 2.45) is 0 Å². The summed E-state index contributed by atoms with van der Waals surface area (Å²) < 4.78 is 5.25. The highest BCUT2D eigenvalue weighted by molar-refractivity contribution is 6.32. The fraction of sp³-hybridized carbons (Fsp3) is 0.625. The van der Waals surface area contributed by atoms with Crippen molar-refractivity contribution in [3.8, 4) is 5.75 Å². The zero-order chi connectivity index (χ0) is 14.4. The van der Waals surface area contributed by atoms with Gasteiger partial charge in [0.2, 0.25) is 0 Å². The molecule has 1 aromatic carbocycles. The Morgan fingerprint density at radius 1 is 1.40 bits per heavy atom. The standard InChI is InChI=1S/C16H25ClN2O/c1-12(10-13-6-4-3-5-9-18-13)19-14-7-8-15(17)16(11-14)20-2/h7-8,11-13,18-19H,3-6,9-10H2,1-2H3. The van der Waals surface area contributed by atoms with E-state index in [9.17, 15) is 0 Å². The van der Waals surface area contributed by atoms with E-state index in [0.717, 1.165) is 24.4 Å². The van der Waals surface area contributed by atoms with Crippen LogP contribution in [0.2, 0.25) is 5.02 Å². The van der Waals surface area contributed by atoms with Crippen molar-refractivity contribution in [3.05, 3.63) is 23.2 Å².